The number of fused-ring (bicyclic) bond motifs is 3. The van der Waals surface area contributed by atoms with Crippen LogP contribution in [0.5, 0.6) is 0 Å². The molecule has 11 heteroatoms. The number of amides is 3. The van der Waals surface area contributed by atoms with Crippen LogP contribution in [0.3, 0.4) is 0 Å². The number of aromatic nitrogens is 3. The fourth-order valence-electron chi connectivity index (χ4n) is 4.60. The van der Waals surface area contributed by atoms with E-state index in [1.54, 1.807) is 39.9 Å². The SMILES string of the molecule is C[C@@H]1Cc2nn3c(c2CN1C(=O)Nc1ccc(F)c(C#N)c1)C(=O)N(C)C[C@H](c1ccno1)C3. The zero-order chi connectivity index (χ0) is 24.0. The van der Waals surface area contributed by atoms with E-state index in [1.165, 1.54) is 12.1 Å². The van der Waals surface area contributed by atoms with Crippen molar-refractivity contribution < 1.29 is 18.5 Å². The van der Waals surface area contributed by atoms with E-state index in [0.29, 0.717) is 36.7 Å². The molecule has 1 N–H and O–H groups in total. The summed E-state index contributed by atoms with van der Waals surface area (Å²) in [5, 5.41) is 20.3. The number of nitriles is 1. The van der Waals surface area contributed by atoms with Gasteiger partial charge in [-0.2, -0.15) is 10.4 Å². The molecule has 0 unspecified atom stereocenters. The van der Waals surface area contributed by atoms with Gasteiger partial charge in [-0.05, 0) is 25.1 Å². The minimum absolute atomic E-state index is 0.0938. The molecule has 2 aliphatic heterocycles. The Morgan fingerprint density at radius 1 is 1.32 bits per heavy atom. The van der Waals surface area contributed by atoms with E-state index in [1.807, 2.05) is 6.92 Å². The molecule has 2 atom stereocenters. The van der Waals surface area contributed by atoms with Crippen molar-refractivity contribution in [1.29, 1.82) is 5.26 Å². The number of anilines is 1. The van der Waals surface area contributed by atoms with E-state index in [0.717, 1.165) is 17.3 Å². The Bertz CT molecular complexity index is 1310. The Morgan fingerprint density at radius 2 is 2.15 bits per heavy atom. The largest absolute Gasteiger partial charge is 0.361 e. The third kappa shape index (κ3) is 3.67. The smallest absolute Gasteiger partial charge is 0.322 e. The van der Waals surface area contributed by atoms with Crippen LogP contribution in [0.4, 0.5) is 14.9 Å². The summed E-state index contributed by atoms with van der Waals surface area (Å²) < 4.78 is 20.7. The Morgan fingerprint density at radius 3 is 2.88 bits per heavy atom. The van der Waals surface area contributed by atoms with E-state index in [-0.39, 0.29) is 30.0 Å². The molecule has 0 saturated carbocycles. The van der Waals surface area contributed by atoms with Crippen molar-refractivity contribution in [1.82, 2.24) is 24.7 Å². The number of hydrogen-bond donors (Lipinski definition) is 1. The summed E-state index contributed by atoms with van der Waals surface area (Å²) in [6, 6.07) is 6.82. The van der Waals surface area contributed by atoms with Crippen molar-refractivity contribution in [3.8, 4) is 6.07 Å². The molecule has 10 nitrogen and oxygen atoms in total. The van der Waals surface area contributed by atoms with E-state index in [2.05, 4.69) is 10.5 Å². The van der Waals surface area contributed by atoms with Crippen LogP contribution < -0.4 is 5.32 Å². The number of urea groups is 1. The second-order valence-corrected chi connectivity index (χ2v) is 8.67. The molecule has 34 heavy (non-hydrogen) atoms. The highest BCUT2D eigenvalue weighted by Crippen LogP contribution is 2.31. The molecule has 1 aromatic carbocycles. The third-order valence-corrected chi connectivity index (χ3v) is 6.38. The number of nitrogens with zero attached hydrogens (tertiary/aromatic N) is 6. The average molecular weight is 463 g/mol. The molecule has 0 saturated heterocycles. The highest BCUT2D eigenvalue weighted by atomic mass is 19.1. The molecule has 0 bridgehead atoms. The quantitative estimate of drug-likeness (QED) is 0.624. The molecule has 0 aliphatic carbocycles. The van der Waals surface area contributed by atoms with E-state index in [4.69, 9.17) is 14.9 Å². The van der Waals surface area contributed by atoms with Gasteiger partial charge in [0.2, 0.25) is 0 Å². The zero-order valence-corrected chi connectivity index (χ0v) is 18.7. The lowest BCUT2D eigenvalue weighted by Gasteiger charge is -2.33. The average Bonchev–Trinajstić information content (AvgIpc) is 3.44. The molecule has 3 amide bonds. The number of halogens is 1. The molecular weight excluding hydrogens is 441 g/mol. The zero-order valence-electron chi connectivity index (χ0n) is 18.7. The number of benzene rings is 1. The number of carbonyl (C=O) groups is 2. The van der Waals surface area contributed by atoms with Gasteiger partial charge in [-0.1, -0.05) is 5.16 Å². The van der Waals surface area contributed by atoms with Gasteiger partial charge in [0.05, 0.1) is 36.5 Å². The van der Waals surface area contributed by atoms with Gasteiger partial charge in [-0.3, -0.25) is 9.48 Å². The molecule has 4 heterocycles. The lowest BCUT2D eigenvalue weighted by molar-refractivity contribution is 0.0785. The van der Waals surface area contributed by atoms with Crippen LogP contribution in [0.1, 0.15) is 45.9 Å². The van der Waals surface area contributed by atoms with Crippen molar-refractivity contribution in [2.75, 3.05) is 18.9 Å². The van der Waals surface area contributed by atoms with Gasteiger partial charge in [0.1, 0.15) is 23.3 Å². The van der Waals surface area contributed by atoms with Crippen molar-refractivity contribution in [2.24, 2.45) is 0 Å². The van der Waals surface area contributed by atoms with Crippen molar-refractivity contribution in [2.45, 2.75) is 38.4 Å². The number of rotatable bonds is 2. The standard InChI is InChI=1S/C23H22FN7O3/c1-13-7-19-17(12-30(13)23(33)27-16-3-4-18(24)14(8-16)9-25)21-22(32)29(2)10-15(11-31(21)28-19)20-5-6-26-34-20/h3-6,8,13,15H,7,10-12H2,1-2H3,(H,27,33)/t13-,15+/m1/s1. The second kappa shape index (κ2) is 8.30. The van der Waals surface area contributed by atoms with Crippen molar-refractivity contribution >= 4 is 17.6 Å². The number of nitrogens with one attached hydrogen (secondary N) is 1. The molecule has 0 spiro atoms. The van der Waals surface area contributed by atoms with E-state index < -0.39 is 11.8 Å². The number of carbonyl (C=O) groups excluding carboxylic acids is 2. The minimum atomic E-state index is -0.648. The van der Waals surface area contributed by atoms with Gasteiger partial charge >= 0.3 is 6.03 Å². The van der Waals surface area contributed by atoms with Crippen LogP contribution in [0, 0.1) is 17.1 Å². The molecule has 174 valence electrons. The summed E-state index contributed by atoms with van der Waals surface area (Å²) in [5.41, 5.74) is 2.15. The predicted molar refractivity (Wildman–Crippen MR) is 117 cm³/mol. The fraction of sp³-hybridized carbons (Fsp3) is 0.348. The van der Waals surface area contributed by atoms with Gasteiger partial charge in [0, 0.05) is 43.4 Å². The molecule has 2 aliphatic rings. The van der Waals surface area contributed by atoms with Crippen molar-refractivity contribution in [3.05, 3.63) is 64.6 Å². The fourth-order valence-corrected chi connectivity index (χ4v) is 4.60. The maximum atomic E-state index is 13.6. The summed E-state index contributed by atoms with van der Waals surface area (Å²) in [6.45, 7) is 3.03. The van der Waals surface area contributed by atoms with E-state index in [9.17, 15) is 14.0 Å². The maximum Gasteiger partial charge on any atom is 0.322 e. The van der Waals surface area contributed by atoms with Gasteiger partial charge in [0.15, 0.2) is 0 Å². The van der Waals surface area contributed by atoms with Crippen LogP contribution in [0.15, 0.2) is 35.0 Å². The van der Waals surface area contributed by atoms with Crippen LogP contribution in [-0.4, -0.2) is 56.3 Å². The first-order valence-corrected chi connectivity index (χ1v) is 10.9. The summed E-state index contributed by atoms with van der Waals surface area (Å²) in [6.07, 6.45) is 2.06. The van der Waals surface area contributed by atoms with E-state index >= 15 is 0 Å². The van der Waals surface area contributed by atoms with Gasteiger partial charge in [-0.15, -0.1) is 0 Å². The molecule has 0 radical (unpaired) electrons. The van der Waals surface area contributed by atoms with Crippen LogP contribution in [0.25, 0.3) is 0 Å². The summed E-state index contributed by atoms with van der Waals surface area (Å²) >= 11 is 0. The summed E-state index contributed by atoms with van der Waals surface area (Å²) in [5.74, 6) is -0.219. The molecule has 3 aromatic rings. The van der Waals surface area contributed by atoms with Gasteiger partial charge in [0.25, 0.3) is 5.91 Å². The Hall–Kier alpha value is -4.20. The summed E-state index contributed by atoms with van der Waals surface area (Å²) in [7, 11) is 1.73. The topological polar surface area (TPSA) is 120 Å². The van der Waals surface area contributed by atoms with Gasteiger partial charge < -0.3 is 19.6 Å². The van der Waals surface area contributed by atoms with Gasteiger partial charge in [-0.25, -0.2) is 9.18 Å². The summed E-state index contributed by atoms with van der Waals surface area (Å²) in [4.78, 5) is 29.6. The third-order valence-electron chi connectivity index (χ3n) is 6.38. The second-order valence-electron chi connectivity index (χ2n) is 8.67. The molecule has 2 aromatic heterocycles. The normalized spacial score (nSPS) is 19.8. The van der Waals surface area contributed by atoms with Crippen LogP contribution in [0.2, 0.25) is 0 Å². The van der Waals surface area contributed by atoms with Crippen molar-refractivity contribution in [3.63, 3.8) is 0 Å². The highest BCUT2D eigenvalue weighted by molar-refractivity contribution is 5.95. The first-order valence-electron chi connectivity index (χ1n) is 10.9. The molecule has 0 fully saturated rings. The number of hydrogen-bond acceptors (Lipinski definition) is 6. The minimum Gasteiger partial charge on any atom is -0.361 e. The maximum absolute atomic E-state index is 13.6. The molecular formula is C23H22FN7O3. The first-order chi connectivity index (χ1) is 16.4. The molecule has 5 rings (SSSR count). The van der Waals surface area contributed by atoms with Crippen LogP contribution >= 0.6 is 0 Å². The first kappa shape index (κ1) is 21.6. The Balaban J connectivity index is 1.43. The lowest BCUT2D eigenvalue weighted by Crippen LogP contribution is -2.45. The lowest BCUT2D eigenvalue weighted by atomic mass is 9.99. The Labute approximate surface area is 194 Å². The number of likely N-dealkylation sites (N-methyl/N-ethyl adjacent to an activating group) is 1. The highest BCUT2D eigenvalue weighted by Gasteiger charge is 2.37. The monoisotopic (exact) mass is 463 g/mol. The Kier molecular flexibility index (Phi) is 5.28. The van der Waals surface area contributed by atoms with Crippen LogP contribution in [-0.2, 0) is 19.5 Å². The predicted octanol–water partition coefficient (Wildman–Crippen LogP) is 2.73.